The number of ether oxygens (including phenoxy) is 1. The van der Waals surface area contributed by atoms with Gasteiger partial charge in [0.1, 0.15) is 10.7 Å². The lowest BCUT2D eigenvalue weighted by Gasteiger charge is -2.30. The Morgan fingerprint density at radius 3 is 2.95 bits per heavy atom. The summed E-state index contributed by atoms with van der Waals surface area (Å²) in [4.78, 5) is 5.11. The maximum absolute atomic E-state index is 10.3. The van der Waals surface area contributed by atoms with Crippen LogP contribution < -0.4 is 4.74 Å². The number of thioether (sulfide) groups is 1. The molecule has 0 fully saturated rings. The number of methoxy groups -OCH3 is 1. The number of hydrogen-bond donors (Lipinski definition) is 1. The normalized spacial score (nSPS) is 22.3. The molecule has 3 nitrogen and oxygen atoms in total. The summed E-state index contributed by atoms with van der Waals surface area (Å²) in [5, 5.41) is 11.4. The van der Waals surface area contributed by atoms with Crippen molar-refractivity contribution in [1.29, 1.82) is 0 Å². The van der Waals surface area contributed by atoms with Gasteiger partial charge in [-0.15, -0.1) is 0 Å². The fraction of sp³-hybridized carbons (Fsp3) is 0.400. The highest BCUT2D eigenvalue weighted by molar-refractivity contribution is 8.00. The van der Waals surface area contributed by atoms with Crippen molar-refractivity contribution < 1.29 is 9.84 Å². The van der Waals surface area contributed by atoms with Gasteiger partial charge in [-0.1, -0.05) is 11.8 Å². The summed E-state index contributed by atoms with van der Waals surface area (Å²) in [6.07, 6.45) is 1.64. The molecule has 0 amide bonds. The first kappa shape index (κ1) is 12.8. The summed E-state index contributed by atoms with van der Waals surface area (Å²) in [6, 6.07) is 5.91. The number of fused-ring (bicyclic) bond motifs is 3. The molecule has 0 radical (unpaired) electrons. The van der Waals surface area contributed by atoms with Crippen molar-refractivity contribution in [3.63, 3.8) is 0 Å². The van der Waals surface area contributed by atoms with E-state index in [-0.39, 0.29) is 0 Å². The van der Waals surface area contributed by atoms with Crippen LogP contribution in [-0.2, 0) is 6.42 Å². The molecule has 0 unspecified atom stereocenters. The lowest BCUT2D eigenvalue weighted by Crippen LogP contribution is -2.24. The van der Waals surface area contributed by atoms with Gasteiger partial charge in [-0.2, -0.15) is 0 Å². The molecule has 3 rings (SSSR count). The van der Waals surface area contributed by atoms with Gasteiger partial charge >= 0.3 is 0 Å². The molecule has 1 aliphatic rings. The van der Waals surface area contributed by atoms with Gasteiger partial charge in [0, 0.05) is 16.0 Å². The smallest absolute Gasteiger partial charge is 0.119 e. The van der Waals surface area contributed by atoms with Gasteiger partial charge in [-0.25, -0.2) is 0 Å². The number of hydrogen-bond acceptors (Lipinski definition) is 4. The Labute approximate surface area is 117 Å². The van der Waals surface area contributed by atoms with E-state index < -0.39 is 4.93 Å². The number of benzene rings is 1. The third kappa shape index (κ3) is 2.19. The fourth-order valence-corrected chi connectivity index (χ4v) is 3.83. The number of rotatable bonds is 1. The SMILES string of the molecule is COc1ccc2nc(C)c3c(c2c1)S[C@@](C)(O)CC3. The minimum atomic E-state index is -0.698. The van der Waals surface area contributed by atoms with E-state index in [1.54, 1.807) is 7.11 Å². The number of pyridine rings is 1. The van der Waals surface area contributed by atoms with Crippen molar-refractivity contribution >= 4 is 22.7 Å². The molecule has 4 heteroatoms. The van der Waals surface area contributed by atoms with Crippen molar-refractivity contribution in [3.05, 3.63) is 29.5 Å². The second kappa shape index (κ2) is 4.39. The molecule has 0 saturated carbocycles. The van der Waals surface area contributed by atoms with Crippen LogP contribution in [0.3, 0.4) is 0 Å². The van der Waals surface area contributed by atoms with Crippen LogP contribution in [0.5, 0.6) is 5.75 Å². The monoisotopic (exact) mass is 275 g/mol. The molecular formula is C15H17NO2S. The number of aromatic nitrogens is 1. The van der Waals surface area contributed by atoms with Crippen LogP contribution in [0.25, 0.3) is 10.9 Å². The third-order valence-corrected chi connectivity index (χ3v) is 4.92. The Morgan fingerprint density at radius 1 is 1.42 bits per heavy atom. The van der Waals surface area contributed by atoms with Crippen molar-refractivity contribution in [3.8, 4) is 5.75 Å². The van der Waals surface area contributed by atoms with Crippen LogP contribution in [0.1, 0.15) is 24.6 Å². The number of aryl methyl sites for hydroxylation is 1. The Hall–Kier alpha value is -1.26. The molecule has 2 heterocycles. The first-order valence-electron chi connectivity index (χ1n) is 6.39. The van der Waals surface area contributed by atoms with E-state index in [2.05, 4.69) is 4.98 Å². The molecule has 0 saturated heterocycles. The largest absolute Gasteiger partial charge is 0.497 e. The zero-order valence-corrected chi connectivity index (χ0v) is 12.2. The molecule has 0 spiro atoms. The van der Waals surface area contributed by atoms with Crippen LogP contribution in [0.15, 0.2) is 23.1 Å². The Bertz CT molecular complexity index is 652. The molecule has 19 heavy (non-hydrogen) atoms. The van der Waals surface area contributed by atoms with Crippen LogP contribution in [-0.4, -0.2) is 22.1 Å². The summed E-state index contributed by atoms with van der Waals surface area (Å²) in [6.45, 7) is 3.92. The van der Waals surface area contributed by atoms with E-state index in [1.807, 2.05) is 32.0 Å². The number of aliphatic hydroxyl groups is 1. The first-order valence-corrected chi connectivity index (χ1v) is 7.20. The average molecular weight is 275 g/mol. The highest BCUT2D eigenvalue weighted by Crippen LogP contribution is 2.45. The number of nitrogens with zero attached hydrogens (tertiary/aromatic N) is 1. The molecule has 2 aromatic rings. The Balaban J connectivity index is 2.29. The maximum Gasteiger partial charge on any atom is 0.119 e. The Morgan fingerprint density at radius 2 is 2.21 bits per heavy atom. The van der Waals surface area contributed by atoms with Crippen LogP contribution in [0.4, 0.5) is 0 Å². The van der Waals surface area contributed by atoms with Gasteiger partial charge in [0.05, 0.1) is 12.6 Å². The minimum Gasteiger partial charge on any atom is -0.497 e. The van der Waals surface area contributed by atoms with Crippen molar-refractivity contribution in [2.24, 2.45) is 0 Å². The molecule has 1 aliphatic heterocycles. The van der Waals surface area contributed by atoms with Crippen molar-refractivity contribution in [2.75, 3.05) is 7.11 Å². The second-order valence-corrected chi connectivity index (χ2v) is 6.66. The lowest BCUT2D eigenvalue weighted by molar-refractivity contribution is 0.145. The maximum atomic E-state index is 10.3. The highest BCUT2D eigenvalue weighted by Gasteiger charge is 2.30. The van der Waals surface area contributed by atoms with E-state index in [0.717, 1.165) is 40.1 Å². The molecule has 1 atom stereocenters. The molecular weight excluding hydrogens is 258 g/mol. The summed E-state index contributed by atoms with van der Waals surface area (Å²) in [7, 11) is 1.67. The third-order valence-electron chi connectivity index (χ3n) is 3.61. The first-order chi connectivity index (χ1) is 9.00. The van der Waals surface area contributed by atoms with E-state index in [0.29, 0.717) is 0 Å². The zero-order chi connectivity index (χ0) is 13.6. The Kier molecular flexibility index (Phi) is 2.95. The second-order valence-electron chi connectivity index (χ2n) is 5.17. The summed E-state index contributed by atoms with van der Waals surface area (Å²) in [5.41, 5.74) is 3.29. The van der Waals surface area contributed by atoms with E-state index in [4.69, 9.17) is 4.74 Å². The topological polar surface area (TPSA) is 42.4 Å². The summed E-state index contributed by atoms with van der Waals surface area (Å²) in [5.74, 6) is 0.825. The average Bonchev–Trinajstić information content (AvgIpc) is 2.37. The standard InChI is InChI=1S/C15H17NO2S/c1-9-11-6-7-15(2,17)19-14(11)12-8-10(18-3)4-5-13(12)16-9/h4-5,8,17H,6-7H2,1-3H3/t15-/m1/s1. The van der Waals surface area contributed by atoms with E-state index in [9.17, 15) is 5.11 Å². The molecule has 0 aliphatic carbocycles. The fourth-order valence-electron chi connectivity index (χ4n) is 2.54. The zero-order valence-electron chi connectivity index (χ0n) is 11.4. The minimum absolute atomic E-state index is 0.698. The molecule has 0 bridgehead atoms. The van der Waals surface area contributed by atoms with Gasteiger partial charge in [0.2, 0.25) is 0 Å². The van der Waals surface area contributed by atoms with Gasteiger partial charge in [-0.3, -0.25) is 4.98 Å². The molecule has 1 N–H and O–H groups in total. The van der Waals surface area contributed by atoms with Crippen LogP contribution in [0.2, 0.25) is 0 Å². The van der Waals surface area contributed by atoms with Crippen molar-refractivity contribution in [1.82, 2.24) is 4.98 Å². The molecule has 1 aromatic heterocycles. The van der Waals surface area contributed by atoms with Crippen molar-refractivity contribution in [2.45, 2.75) is 36.5 Å². The molecule has 1 aromatic carbocycles. The van der Waals surface area contributed by atoms with Gasteiger partial charge < -0.3 is 9.84 Å². The summed E-state index contributed by atoms with van der Waals surface area (Å²) >= 11 is 1.54. The van der Waals surface area contributed by atoms with Gasteiger partial charge in [0.25, 0.3) is 0 Å². The van der Waals surface area contributed by atoms with E-state index in [1.165, 1.54) is 17.3 Å². The summed E-state index contributed by atoms with van der Waals surface area (Å²) < 4.78 is 5.30. The highest BCUT2D eigenvalue weighted by atomic mass is 32.2. The van der Waals surface area contributed by atoms with E-state index >= 15 is 0 Å². The quantitative estimate of drug-likeness (QED) is 0.867. The predicted octanol–water partition coefficient (Wildman–Crippen LogP) is 3.30. The van der Waals surface area contributed by atoms with Crippen LogP contribution >= 0.6 is 11.8 Å². The van der Waals surface area contributed by atoms with Gasteiger partial charge in [-0.05, 0) is 50.5 Å². The van der Waals surface area contributed by atoms with Crippen LogP contribution in [0, 0.1) is 6.92 Å². The van der Waals surface area contributed by atoms with Gasteiger partial charge in [0.15, 0.2) is 0 Å². The molecule has 100 valence electrons. The lowest BCUT2D eigenvalue weighted by atomic mass is 10.0. The predicted molar refractivity (Wildman–Crippen MR) is 77.8 cm³/mol.